The predicted molar refractivity (Wildman–Crippen MR) is 87.9 cm³/mol. The molecule has 22 heavy (non-hydrogen) atoms. The minimum absolute atomic E-state index is 0.00766. The minimum atomic E-state index is 0.00766. The smallest absolute Gasteiger partial charge is 0.224 e. The first-order valence-electron chi connectivity index (χ1n) is 8.03. The molecule has 1 aromatic carbocycles. The van der Waals surface area contributed by atoms with Gasteiger partial charge in [0, 0.05) is 17.2 Å². The molecule has 3 nitrogen and oxygen atoms in total. The molecule has 0 spiro atoms. The van der Waals surface area contributed by atoms with Crippen LogP contribution in [0.15, 0.2) is 35.7 Å². The van der Waals surface area contributed by atoms with Gasteiger partial charge in [0.25, 0.3) is 0 Å². The summed E-state index contributed by atoms with van der Waals surface area (Å²) in [5, 5.41) is 6.47. The summed E-state index contributed by atoms with van der Waals surface area (Å²) in [5.41, 5.74) is 2.29. The number of aromatic nitrogens is 1. The Hall–Kier alpha value is -1.68. The molecule has 0 radical (unpaired) electrons. The first-order valence-corrected chi connectivity index (χ1v) is 8.91. The first kappa shape index (κ1) is 13.9. The minimum Gasteiger partial charge on any atom is -0.348 e. The Morgan fingerprint density at radius 3 is 2.82 bits per heavy atom. The van der Waals surface area contributed by atoms with Gasteiger partial charge < -0.3 is 5.32 Å². The van der Waals surface area contributed by atoms with E-state index in [2.05, 4.69) is 27.8 Å². The number of nitrogens with zero attached hydrogens (tertiary/aromatic N) is 1. The summed E-state index contributed by atoms with van der Waals surface area (Å²) >= 11 is 1.73. The molecule has 0 unspecified atom stereocenters. The van der Waals surface area contributed by atoms with Crippen LogP contribution < -0.4 is 5.32 Å². The average Bonchev–Trinajstić information content (AvgIpc) is 3.46. The Bertz CT molecular complexity index is 677. The Morgan fingerprint density at radius 2 is 2.09 bits per heavy atom. The van der Waals surface area contributed by atoms with Crippen molar-refractivity contribution in [1.82, 2.24) is 10.3 Å². The van der Waals surface area contributed by atoms with Gasteiger partial charge >= 0.3 is 0 Å². The second kappa shape index (κ2) is 5.51. The van der Waals surface area contributed by atoms with E-state index in [0.29, 0.717) is 11.8 Å². The summed E-state index contributed by atoms with van der Waals surface area (Å²) in [6.45, 7) is 2.03. The fourth-order valence-electron chi connectivity index (χ4n) is 2.97. The zero-order valence-electron chi connectivity index (χ0n) is 12.7. The monoisotopic (exact) mass is 312 g/mol. The Balaban J connectivity index is 1.36. The molecule has 0 aliphatic heterocycles. The van der Waals surface area contributed by atoms with Crippen LogP contribution in [0.4, 0.5) is 0 Å². The molecule has 2 saturated carbocycles. The molecule has 2 aliphatic carbocycles. The highest BCUT2D eigenvalue weighted by atomic mass is 32.1. The van der Waals surface area contributed by atoms with Crippen LogP contribution in [0.1, 0.15) is 60.3 Å². The Kier molecular flexibility index (Phi) is 3.49. The maximum Gasteiger partial charge on any atom is 0.224 e. The van der Waals surface area contributed by atoms with Gasteiger partial charge in [-0.3, -0.25) is 4.79 Å². The van der Waals surface area contributed by atoms with Crippen molar-refractivity contribution in [3.8, 4) is 0 Å². The van der Waals surface area contributed by atoms with Crippen LogP contribution in [-0.4, -0.2) is 10.9 Å². The fourth-order valence-corrected chi connectivity index (χ4v) is 4.05. The zero-order valence-corrected chi connectivity index (χ0v) is 13.5. The van der Waals surface area contributed by atoms with Gasteiger partial charge in [-0.05, 0) is 37.7 Å². The fraction of sp³-hybridized carbons (Fsp3) is 0.444. The summed E-state index contributed by atoms with van der Waals surface area (Å²) in [6, 6.07) is 10.3. The number of benzene rings is 1. The van der Waals surface area contributed by atoms with E-state index in [0.717, 1.165) is 12.1 Å². The third kappa shape index (κ3) is 2.80. The zero-order chi connectivity index (χ0) is 15.1. The largest absolute Gasteiger partial charge is 0.348 e. The third-order valence-electron chi connectivity index (χ3n) is 4.62. The molecule has 4 rings (SSSR count). The molecule has 0 saturated heterocycles. The number of hydrogen-bond acceptors (Lipinski definition) is 3. The number of carbonyl (C=O) groups is 1. The lowest BCUT2D eigenvalue weighted by Gasteiger charge is -2.11. The summed E-state index contributed by atoms with van der Waals surface area (Å²) < 4.78 is 0. The molecule has 1 heterocycles. The molecule has 2 fully saturated rings. The van der Waals surface area contributed by atoms with Gasteiger partial charge in [-0.1, -0.05) is 30.3 Å². The normalized spacial score (nSPS) is 24.8. The maximum atomic E-state index is 12.4. The lowest BCUT2D eigenvalue weighted by atomic mass is 10.1. The van der Waals surface area contributed by atoms with Crippen LogP contribution in [0.3, 0.4) is 0 Å². The van der Waals surface area contributed by atoms with Crippen LogP contribution in [0.5, 0.6) is 0 Å². The van der Waals surface area contributed by atoms with E-state index in [1.54, 1.807) is 11.3 Å². The summed E-state index contributed by atoms with van der Waals surface area (Å²) in [4.78, 5) is 17.1. The SMILES string of the molecule is C[C@H](NC(=O)[C@@H]1C[C@H]1c1ccccc1)c1csc(C2CC2)n1. The molecule has 1 N–H and O–H groups in total. The standard InChI is InChI=1S/C18H20N2OS/c1-11(16-10-22-18(20-16)13-7-8-13)19-17(21)15-9-14(15)12-5-3-2-4-6-12/h2-6,10-11,13-15H,7-9H2,1H3,(H,19,21)/t11-,14-,15+/m0/s1. The van der Waals surface area contributed by atoms with Crippen LogP contribution in [0.25, 0.3) is 0 Å². The van der Waals surface area contributed by atoms with Crippen molar-refractivity contribution >= 4 is 17.2 Å². The molecule has 3 atom stereocenters. The van der Waals surface area contributed by atoms with Crippen molar-refractivity contribution in [2.45, 2.75) is 44.1 Å². The lowest BCUT2D eigenvalue weighted by Crippen LogP contribution is -2.28. The molecule has 1 amide bonds. The number of amides is 1. The van der Waals surface area contributed by atoms with E-state index in [1.807, 2.05) is 25.1 Å². The van der Waals surface area contributed by atoms with E-state index >= 15 is 0 Å². The number of carbonyl (C=O) groups excluding carboxylic acids is 1. The lowest BCUT2D eigenvalue weighted by molar-refractivity contribution is -0.123. The predicted octanol–water partition coefficient (Wildman–Crippen LogP) is 4.00. The molecule has 1 aromatic heterocycles. The van der Waals surface area contributed by atoms with Crippen LogP contribution in [0.2, 0.25) is 0 Å². The van der Waals surface area contributed by atoms with Crippen molar-refractivity contribution in [2.24, 2.45) is 5.92 Å². The van der Waals surface area contributed by atoms with Crippen LogP contribution >= 0.6 is 11.3 Å². The molecular weight excluding hydrogens is 292 g/mol. The maximum absolute atomic E-state index is 12.4. The van der Waals surface area contributed by atoms with E-state index in [9.17, 15) is 4.79 Å². The molecule has 114 valence electrons. The van der Waals surface area contributed by atoms with Crippen molar-refractivity contribution in [3.63, 3.8) is 0 Å². The second-order valence-electron chi connectivity index (χ2n) is 6.47. The quantitative estimate of drug-likeness (QED) is 0.906. The summed E-state index contributed by atoms with van der Waals surface area (Å²) in [7, 11) is 0. The molecule has 2 aromatic rings. The van der Waals surface area contributed by atoms with Crippen molar-refractivity contribution in [2.75, 3.05) is 0 Å². The van der Waals surface area contributed by atoms with Gasteiger partial charge in [0.2, 0.25) is 5.91 Å². The van der Waals surface area contributed by atoms with E-state index < -0.39 is 0 Å². The average molecular weight is 312 g/mol. The van der Waals surface area contributed by atoms with Gasteiger partial charge in [-0.25, -0.2) is 4.98 Å². The number of rotatable bonds is 5. The third-order valence-corrected chi connectivity index (χ3v) is 5.65. The van der Waals surface area contributed by atoms with E-state index in [1.165, 1.54) is 23.4 Å². The van der Waals surface area contributed by atoms with Crippen LogP contribution in [0, 0.1) is 5.92 Å². The molecule has 2 aliphatic rings. The Labute approximate surface area is 134 Å². The molecule has 0 bridgehead atoms. The van der Waals surface area contributed by atoms with Crippen molar-refractivity contribution < 1.29 is 4.79 Å². The molecular formula is C18H20N2OS. The van der Waals surface area contributed by atoms with Crippen molar-refractivity contribution in [3.05, 3.63) is 52.0 Å². The number of nitrogens with one attached hydrogen (secondary N) is 1. The topological polar surface area (TPSA) is 42.0 Å². The highest BCUT2D eigenvalue weighted by Gasteiger charge is 2.44. The second-order valence-corrected chi connectivity index (χ2v) is 7.36. The summed E-state index contributed by atoms with van der Waals surface area (Å²) in [6.07, 6.45) is 3.51. The van der Waals surface area contributed by atoms with E-state index in [4.69, 9.17) is 0 Å². The van der Waals surface area contributed by atoms with Gasteiger partial charge in [0.15, 0.2) is 0 Å². The van der Waals surface area contributed by atoms with Crippen molar-refractivity contribution in [1.29, 1.82) is 0 Å². The highest BCUT2D eigenvalue weighted by molar-refractivity contribution is 7.09. The Morgan fingerprint density at radius 1 is 1.32 bits per heavy atom. The van der Waals surface area contributed by atoms with Gasteiger partial charge in [0.05, 0.1) is 16.7 Å². The highest BCUT2D eigenvalue weighted by Crippen LogP contribution is 2.47. The number of hydrogen-bond donors (Lipinski definition) is 1. The summed E-state index contributed by atoms with van der Waals surface area (Å²) in [5.74, 6) is 1.38. The number of thiazole rings is 1. The first-order chi connectivity index (χ1) is 10.7. The van der Waals surface area contributed by atoms with Gasteiger partial charge in [0.1, 0.15) is 0 Å². The van der Waals surface area contributed by atoms with Gasteiger partial charge in [-0.15, -0.1) is 11.3 Å². The van der Waals surface area contributed by atoms with E-state index in [-0.39, 0.29) is 17.9 Å². The van der Waals surface area contributed by atoms with Crippen LogP contribution in [-0.2, 0) is 4.79 Å². The molecule has 4 heteroatoms. The van der Waals surface area contributed by atoms with Gasteiger partial charge in [-0.2, -0.15) is 0 Å².